The van der Waals surface area contributed by atoms with Crippen molar-refractivity contribution in [1.82, 2.24) is 10.2 Å². The molecule has 2 atom stereocenters. The molecular formula is C15H26N2O2. The first-order valence-corrected chi connectivity index (χ1v) is 7.50. The van der Waals surface area contributed by atoms with Crippen LogP contribution in [0.25, 0.3) is 0 Å². The molecule has 0 spiro atoms. The van der Waals surface area contributed by atoms with E-state index in [1.54, 1.807) is 0 Å². The number of urea groups is 1. The predicted molar refractivity (Wildman–Crippen MR) is 75.0 cm³/mol. The highest BCUT2D eigenvalue weighted by molar-refractivity contribution is 5.84. The Balaban J connectivity index is 2.07. The number of nitrogens with zero attached hydrogens (tertiary/aromatic N) is 1. The Hall–Kier alpha value is -1.06. The lowest BCUT2D eigenvalue weighted by Crippen LogP contribution is -2.55. The fourth-order valence-corrected chi connectivity index (χ4v) is 3.27. The molecule has 4 heteroatoms. The normalized spacial score (nSPS) is 28.6. The third kappa shape index (κ3) is 3.48. The van der Waals surface area contributed by atoms with Gasteiger partial charge in [0, 0.05) is 30.5 Å². The number of amides is 2. The van der Waals surface area contributed by atoms with E-state index in [2.05, 4.69) is 5.32 Å². The van der Waals surface area contributed by atoms with Crippen LogP contribution in [0, 0.1) is 5.92 Å². The lowest BCUT2D eigenvalue weighted by Gasteiger charge is -2.40. The number of ketones is 1. The van der Waals surface area contributed by atoms with E-state index >= 15 is 0 Å². The minimum absolute atomic E-state index is 0.00287. The quantitative estimate of drug-likeness (QED) is 0.793. The van der Waals surface area contributed by atoms with Gasteiger partial charge in [-0.2, -0.15) is 0 Å². The molecule has 2 aliphatic rings. The molecule has 1 saturated carbocycles. The van der Waals surface area contributed by atoms with Crippen LogP contribution in [-0.4, -0.2) is 34.8 Å². The van der Waals surface area contributed by atoms with E-state index in [1.807, 2.05) is 25.7 Å². The molecule has 1 aliphatic heterocycles. The molecule has 2 unspecified atom stereocenters. The van der Waals surface area contributed by atoms with Gasteiger partial charge in [-0.05, 0) is 52.9 Å². The minimum atomic E-state index is -0.223. The Labute approximate surface area is 115 Å². The molecule has 1 saturated heterocycles. The van der Waals surface area contributed by atoms with Crippen LogP contribution in [0.1, 0.15) is 59.3 Å². The summed E-state index contributed by atoms with van der Waals surface area (Å²) in [5.41, 5.74) is -0.223. The molecular weight excluding hydrogens is 240 g/mol. The monoisotopic (exact) mass is 266 g/mol. The first-order valence-electron chi connectivity index (χ1n) is 7.50. The van der Waals surface area contributed by atoms with Crippen molar-refractivity contribution in [1.29, 1.82) is 0 Å². The number of carbonyl (C=O) groups is 2. The molecule has 0 aromatic heterocycles. The van der Waals surface area contributed by atoms with E-state index in [0.717, 1.165) is 38.6 Å². The van der Waals surface area contributed by atoms with Gasteiger partial charge in [0.1, 0.15) is 5.78 Å². The second-order valence-electron chi connectivity index (χ2n) is 6.90. The zero-order valence-corrected chi connectivity index (χ0v) is 12.4. The largest absolute Gasteiger partial charge is 0.333 e. The maximum atomic E-state index is 12.4. The average molecular weight is 266 g/mol. The highest BCUT2D eigenvalue weighted by Crippen LogP contribution is 2.32. The van der Waals surface area contributed by atoms with Gasteiger partial charge >= 0.3 is 6.03 Å². The first-order chi connectivity index (χ1) is 8.88. The van der Waals surface area contributed by atoms with Crippen LogP contribution in [0.5, 0.6) is 0 Å². The van der Waals surface area contributed by atoms with Crippen molar-refractivity contribution in [3.8, 4) is 0 Å². The summed E-state index contributed by atoms with van der Waals surface area (Å²) in [6, 6.07) is 0.128. The van der Waals surface area contributed by atoms with E-state index in [1.165, 1.54) is 0 Å². The van der Waals surface area contributed by atoms with E-state index < -0.39 is 0 Å². The summed E-state index contributed by atoms with van der Waals surface area (Å²) in [4.78, 5) is 26.3. The highest BCUT2D eigenvalue weighted by Gasteiger charge is 2.39. The van der Waals surface area contributed by atoms with Gasteiger partial charge in [0.2, 0.25) is 0 Å². The maximum Gasteiger partial charge on any atom is 0.318 e. The van der Waals surface area contributed by atoms with Crippen LogP contribution in [0.15, 0.2) is 0 Å². The molecule has 19 heavy (non-hydrogen) atoms. The summed E-state index contributed by atoms with van der Waals surface area (Å²) in [7, 11) is 0. The summed E-state index contributed by atoms with van der Waals surface area (Å²) in [5.74, 6) is 0.450. The molecule has 4 nitrogen and oxygen atoms in total. The summed E-state index contributed by atoms with van der Waals surface area (Å²) in [5, 5.41) is 3.03. The Morgan fingerprint density at radius 3 is 2.53 bits per heavy atom. The first kappa shape index (κ1) is 14.4. The Kier molecular flexibility index (Phi) is 4.16. The number of rotatable bonds is 1. The number of likely N-dealkylation sites (tertiary alicyclic amines) is 1. The van der Waals surface area contributed by atoms with Crippen molar-refractivity contribution in [2.24, 2.45) is 5.92 Å². The Morgan fingerprint density at radius 1 is 1.21 bits per heavy atom. The molecule has 0 aromatic rings. The van der Waals surface area contributed by atoms with E-state index in [9.17, 15) is 9.59 Å². The molecule has 1 aliphatic carbocycles. The van der Waals surface area contributed by atoms with Crippen molar-refractivity contribution in [3.05, 3.63) is 0 Å². The number of Topliss-reactive ketones (excluding diaryl/α,β-unsaturated/α-hetero) is 1. The molecule has 2 rings (SSSR count). The molecule has 108 valence electrons. The van der Waals surface area contributed by atoms with E-state index in [4.69, 9.17) is 0 Å². The lowest BCUT2D eigenvalue weighted by atomic mass is 9.88. The number of carbonyl (C=O) groups excluding carboxylic acids is 2. The minimum Gasteiger partial charge on any atom is -0.333 e. The van der Waals surface area contributed by atoms with Gasteiger partial charge in [0.15, 0.2) is 0 Å². The molecule has 1 heterocycles. The van der Waals surface area contributed by atoms with Gasteiger partial charge in [-0.3, -0.25) is 4.79 Å². The Morgan fingerprint density at radius 2 is 1.95 bits per heavy atom. The zero-order valence-electron chi connectivity index (χ0n) is 12.4. The van der Waals surface area contributed by atoms with Crippen molar-refractivity contribution < 1.29 is 9.59 Å². The van der Waals surface area contributed by atoms with Crippen LogP contribution >= 0.6 is 0 Å². The van der Waals surface area contributed by atoms with Gasteiger partial charge in [-0.25, -0.2) is 4.79 Å². The summed E-state index contributed by atoms with van der Waals surface area (Å²) in [6.45, 7) is 6.76. The van der Waals surface area contributed by atoms with Crippen LogP contribution in [0.2, 0.25) is 0 Å². The summed E-state index contributed by atoms with van der Waals surface area (Å²) < 4.78 is 0. The maximum absolute atomic E-state index is 12.4. The third-order valence-corrected chi connectivity index (χ3v) is 4.11. The third-order valence-electron chi connectivity index (χ3n) is 4.11. The van der Waals surface area contributed by atoms with Crippen molar-refractivity contribution in [2.75, 3.05) is 6.54 Å². The number of hydrogen-bond donors (Lipinski definition) is 1. The van der Waals surface area contributed by atoms with Gasteiger partial charge < -0.3 is 10.2 Å². The fourth-order valence-electron chi connectivity index (χ4n) is 3.27. The Bertz CT molecular complexity index is 360. The lowest BCUT2D eigenvalue weighted by molar-refractivity contribution is -0.122. The SMILES string of the molecule is CC(C)(C)NC(=O)N1CCCCC1C1CCCC1=O. The molecule has 2 fully saturated rings. The van der Waals surface area contributed by atoms with Crippen LogP contribution < -0.4 is 5.32 Å². The van der Waals surface area contributed by atoms with Crippen molar-refractivity contribution >= 4 is 11.8 Å². The molecule has 0 bridgehead atoms. The summed E-state index contributed by atoms with van der Waals surface area (Å²) >= 11 is 0. The molecule has 0 aromatic carbocycles. The summed E-state index contributed by atoms with van der Waals surface area (Å²) in [6.07, 6.45) is 5.82. The second-order valence-corrected chi connectivity index (χ2v) is 6.90. The van der Waals surface area contributed by atoms with Gasteiger partial charge in [-0.1, -0.05) is 0 Å². The smallest absolute Gasteiger partial charge is 0.318 e. The molecule has 1 N–H and O–H groups in total. The second kappa shape index (κ2) is 5.51. The van der Waals surface area contributed by atoms with Crippen LogP contribution in [0.4, 0.5) is 4.79 Å². The standard InChI is InChI=1S/C15H26N2O2/c1-15(2,3)16-14(19)17-10-5-4-8-12(17)11-7-6-9-13(11)18/h11-12H,4-10H2,1-3H3,(H,16,19). The number of hydrogen-bond acceptors (Lipinski definition) is 2. The predicted octanol–water partition coefficient (Wildman–Crippen LogP) is 2.72. The number of nitrogens with one attached hydrogen (secondary N) is 1. The molecule has 2 amide bonds. The van der Waals surface area contributed by atoms with Crippen molar-refractivity contribution in [3.63, 3.8) is 0 Å². The van der Waals surface area contributed by atoms with Gasteiger partial charge in [0.05, 0.1) is 0 Å². The van der Waals surface area contributed by atoms with E-state index in [-0.39, 0.29) is 23.5 Å². The zero-order chi connectivity index (χ0) is 14.0. The van der Waals surface area contributed by atoms with Crippen molar-refractivity contribution in [2.45, 2.75) is 70.9 Å². The number of piperidine rings is 1. The van der Waals surface area contributed by atoms with Gasteiger partial charge in [-0.15, -0.1) is 0 Å². The highest BCUT2D eigenvalue weighted by atomic mass is 16.2. The van der Waals surface area contributed by atoms with Crippen LogP contribution in [-0.2, 0) is 4.79 Å². The van der Waals surface area contributed by atoms with E-state index in [0.29, 0.717) is 12.2 Å². The van der Waals surface area contributed by atoms with Crippen LogP contribution in [0.3, 0.4) is 0 Å². The fraction of sp³-hybridized carbons (Fsp3) is 0.867. The molecule has 0 radical (unpaired) electrons. The topological polar surface area (TPSA) is 49.4 Å². The average Bonchev–Trinajstić information content (AvgIpc) is 2.73. The van der Waals surface area contributed by atoms with Gasteiger partial charge in [0.25, 0.3) is 0 Å².